The van der Waals surface area contributed by atoms with Crippen LogP contribution in [0.1, 0.15) is 43.4 Å². The molecule has 0 spiro atoms. The van der Waals surface area contributed by atoms with Crippen LogP contribution in [-0.2, 0) is 22.4 Å². The highest BCUT2D eigenvalue weighted by atomic mass is 16.5. The molecule has 2 aliphatic heterocycles. The normalized spacial score (nSPS) is 21.9. The quantitative estimate of drug-likeness (QED) is 0.837. The number of hydrogen-bond acceptors (Lipinski definition) is 5. The van der Waals surface area contributed by atoms with Crippen molar-refractivity contribution in [3.8, 4) is 0 Å². The van der Waals surface area contributed by atoms with Crippen LogP contribution in [-0.4, -0.2) is 60.2 Å². The standard InChI is InChI=1S/C19H28N4O2/c24-18(22-9-11-25-12-10-22)13-15-5-7-23(8-6-15)19-16-3-1-2-4-17(16)20-14-21-19/h14-15H,1-13H2. The first-order valence-electron chi connectivity index (χ1n) is 9.74. The average molecular weight is 344 g/mol. The molecule has 1 aromatic rings. The van der Waals surface area contributed by atoms with E-state index in [1.807, 2.05) is 4.90 Å². The third kappa shape index (κ3) is 3.78. The number of nitrogens with zero attached hydrogens (tertiary/aromatic N) is 4. The number of piperidine rings is 1. The molecule has 2 fully saturated rings. The van der Waals surface area contributed by atoms with Crippen LogP contribution in [0, 0.1) is 5.92 Å². The van der Waals surface area contributed by atoms with Gasteiger partial charge in [-0.3, -0.25) is 4.79 Å². The maximum atomic E-state index is 12.4. The van der Waals surface area contributed by atoms with Crippen molar-refractivity contribution in [3.63, 3.8) is 0 Å². The number of fused-ring (bicyclic) bond motifs is 1. The zero-order valence-corrected chi connectivity index (χ0v) is 15.0. The van der Waals surface area contributed by atoms with Gasteiger partial charge in [0.25, 0.3) is 0 Å². The molecule has 0 saturated carbocycles. The average Bonchev–Trinajstić information content (AvgIpc) is 2.69. The molecule has 6 heteroatoms. The fourth-order valence-electron chi connectivity index (χ4n) is 4.31. The van der Waals surface area contributed by atoms with Crippen molar-refractivity contribution in [2.75, 3.05) is 44.3 Å². The summed E-state index contributed by atoms with van der Waals surface area (Å²) in [5.74, 6) is 1.97. The lowest BCUT2D eigenvalue weighted by molar-refractivity contribution is -0.136. The second-order valence-corrected chi connectivity index (χ2v) is 7.46. The van der Waals surface area contributed by atoms with Gasteiger partial charge in [0.05, 0.1) is 13.2 Å². The Hall–Kier alpha value is -1.69. The zero-order valence-electron chi connectivity index (χ0n) is 15.0. The fourth-order valence-corrected chi connectivity index (χ4v) is 4.31. The number of rotatable bonds is 3. The van der Waals surface area contributed by atoms with E-state index in [9.17, 15) is 4.79 Å². The number of anilines is 1. The van der Waals surface area contributed by atoms with Crippen LogP contribution < -0.4 is 4.90 Å². The third-order valence-corrected chi connectivity index (χ3v) is 5.84. The lowest BCUT2D eigenvalue weighted by Gasteiger charge is -2.35. The van der Waals surface area contributed by atoms with Crippen molar-refractivity contribution in [2.24, 2.45) is 5.92 Å². The van der Waals surface area contributed by atoms with Gasteiger partial charge in [-0.1, -0.05) is 0 Å². The van der Waals surface area contributed by atoms with E-state index in [0.29, 0.717) is 31.5 Å². The van der Waals surface area contributed by atoms with Crippen molar-refractivity contribution in [3.05, 3.63) is 17.6 Å². The minimum atomic E-state index is 0.307. The number of carbonyl (C=O) groups excluding carboxylic acids is 1. The number of morpholine rings is 1. The summed E-state index contributed by atoms with van der Waals surface area (Å²) >= 11 is 0. The van der Waals surface area contributed by atoms with E-state index in [1.54, 1.807) is 6.33 Å². The van der Waals surface area contributed by atoms with E-state index in [-0.39, 0.29) is 0 Å². The molecular weight excluding hydrogens is 316 g/mol. The lowest BCUT2D eigenvalue weighted by atomic mass is 9.91. The molecule has 0 atom stereocenters. The zero-order chi connectivity index (χ0) is 17.1. The van der Waals surface area contributed by atoms with Crippen LogP contribution in [0.4, 0.5) is 5.82 Å². The highest BCUT2D eigenvalue weighted by Gasteiger charge is 2.27. The van der Waals surface area contributed by atoms with E-state index in [4.69, 9.17) is 4.74 Å². The first-order valence-corrected chi connectivity index (χ1v) is 9.74. The summed E-state index contributed by atoms with van der Waals surface area (Å²) in [7, 11) is 0. The van der Waals surface area contributed by atoms with Crippen molar-refractivity contribution in [1.82, 2.24) is 14.9 Å². The van der Waals surface area contributed by atoms with E-state index in [1.165, 1.54) is 24.1 Å². The fraction of sp³-hybridized carbons (Fsp3) is 0.737. The first-order chi connectivity index (χ1) is 12.3. The van der Waals surface area contributed by atoms with Crippen molar-refractivity contribution in [1.29, 1.82) is 0 Å². The van der Waals surface area contributed by atoms with Gasteiger partial charge < -0.3 is 14.5 Å². The summed E-state index contributed by atoms with van der Waals surface area (Å²) in [4.78, 5) is 25.9. The van der Waals surface area contributed by atoms with Crippen LogP contribution in [0.25, 0.3) is 0 Å². The van der Waals surface area contributed by atoms with Crippen LogP contribution in [0.3, 0.4) is 0 Å². The van der Waals surface area contributed by atoms with Gasteiger partial charge >= 0.3 is 0 Å². The molecule has 25 heavy (non-hydrogen) atoms. The maximum absolute atomic E-state index is 12.4. The Bertz CT molecular complexity index is 607. The highest BCUT2D eigenvalue weighted by molar-refractivity contribution is 5.76. The largest absolute Gasteiger partial charge is 0.378 e. The summed E-state index contributed by atoms with van der Waals surface area (Å²) in [6, 6.07) is 0. The molecule has 0 unspecified atom stereocenters. The van der Waals surface area contributed by atoms with Crippen LogP contribution in [0.2, 0.25) is 0 Å². The number of carbonyl (C=O) groups is 1. The Morgan fingerprint density at radius 3 is 2.64 bits per heavy atom. The number of amides is 1. The number of ether oxygens (including phenoxy) is 1. The number of hydrogen-bond donors (Lipinski definition) is 0. The predicted molar refractivity (Wildman–Crippen MR) is 95.6 cm³/mol. The lowest BCUT2D eigenvalue weighted by Crippen LogP contribution is -2.42. The molecule has 0 aromatic carbocycles. The Morgan fingerprint density at radius 2 is 1.84 bits per heavy atom. The maximum Gasteiger partial charge on any atom is 0.223 e. The molecule has 2 saturated heterocycles. The van der Waals surface area contributed by atoms with Gasteiger partial charge in [0.2, 0.25) is 5.91 Å². The molecule has 3 heterocycles. The number of aromatic nitrogens is 2. The SMILES string of the molecule is O=C(CC1CCN(c2ncnc3c2CCCC3)CC1)N1CCOCC1. The Labute approximate surface area is 149 Å². The minimum absolute atomic E-state index is 0.307. The van der Waals surface area contributed by atoms with Crippen LogP contribution >= 0.6 is 0 Å². The second kappa shape index (κ2) is 7.68. The van der Waals surface area contributed by atoms with Crippen LogP contribution in [0.15, 0.2) is 6.33 Å². The molecule has 3 aliphatic rings. The Balaban J connectivity index is 1.33. The molecule has 1 amide bonds. The summed E-state index contributed by atoms with van der Waals surface area (Å²) < 4.78 is 5.34. The molecule has 1 aliphatic carbocycles. The van der Waals surface area contributed by atoms with Crippen molar-refractivity contribution >= 4 is 11.7 Å². The topological polar surface area (TPSA) is 58.6 Å². The molecule has 0 N–H and O–H groups in total. The van der Waals surface area contributed by atoms with Crippen molar-refractivity contribution in [2.45, 2.75) is 44.9 Å². The molecule has 0 bridgehead atoms. The Morgan fingerprint density at radius 1 is 1.08 bits per heavy atom. The first kappa shape index (κ1) is 16.8. The van der Waals surface area contributed by atoms with Crippen molar-refractivity contribution < 1.29 is 9.53 Å². The summed E-state index contributed by atoms with van der Waals surface area (Å²) in [5.41, 5.74) is 2.62. The number of aryl methyl sites for hydroxylation is 1. The molecule has 4 rings (SSSR count). The summed E-state index contributed by atoms with van der Waals surface area (Å²) in [6.07, 6.45) is 9.27. The van der Waals surface area contributed by atoms with E-state index < -0.39 is 0 Å². The van der Waals surface area contributed by atoms with E-state index >= 15 is 0 Å². The summed E-state index contributed by atoms with van der Waals surface area (Å²) in [5, 5.41) is 0. The van der Waals surface area contributed by atoms with E-state index in [0.717, 1.165) is 57.7 Å². The third-order valence-electron chi connectivity index (χ3n) is 5.84. The molecule has 136 valence electrons. The second-order valence-electron chi connectivity index (χ2n) is 7.46. The van der Waals surface area contributed by atoms with Gasteiger partial charge in [-0.05, 0) is 44.4 Å². The molecule has 0 radical (unpaired) electrons. The van der Waals surface area contributed by atoms with Crippen LogP contribution in [0.5, 0.6) is 0 Å². The summed E-state index contributed by atoms with van der Waals surface area (Å²) in [6.45, 7) is 4.89. The highest BCUT2D eigenvalue weighted by Crippen LogP contribution is 2.30. The molecule has 6 nitrogen and oxygen atoms in total. The minimum Gasteiger partial charge on any atom is -0.378 e. The molecule has 1 aromatic heterocycles. The van der Waals surface area contributed by atoms with Gasteiger partial charge in [0, 0.05) is 43.9 Å². The van der Waals surface area contributed by atoms with Gasteiger partial charge in [-0.15, -0.1) is 0 Å². The van der Waals surface area contributed by atoms with E-state index in [2.05, 4.69) is 14.9 Å². The Kier molecular flexibility index (Phi) is 5.15. The molecular formula is C19H28N4O2. The van der Waals surface area contributed by atoms with Gasteiger partial charge in [0.1, 0.15) is 12.1 Å². The smallest absolute Gasteiger partial charge is 0.223 e. The van der Waals surface area contributed by atoms with Gasteiger partial charge in [0.15, 0.2) is 0 Å². The van der Waals surface area contributed by atoms with Gasteiger partial charge in [-0.2, -0.15) is 0 Å². The predicted octanol–water partition coefficient (Wildman–Crippen LogP) is 1.82. The monoisotopic (exact) mass is 344 g/mol. The van der Waals surface area contributed by atoms with Gasteiger partial charge in [-0.25, -0.2) is 9.97 Å².